The molecule has 0 fully saturated rings. The molecule has 0 aromatic heterocycles. The van der Waals surface area contributed by atoms with Crippen LogP contribution in [0.5, 0.6) is 0 Å². The Kier molecular flexibility index (Phi) is 28.8. The van der Waals surface area contributed by atoms with Gasteiger partial charge in [0, 0.05) is 12.8 Å². The average Bonchev–Trinajstić information content (AvgIpc) is 3.02. The fourth-order valence-electron chi connectivity index (χ4n) is 4.29. The number of aliphatic carboxylic acids is 1. The zero-order chi connectivity index (χ0) is 35.0. The second kappa shape index (κ2) is 30.6. The monoisotopic (exact) mass is 664 g/mol. The van der Waals surface area contributed by atoms with Crippen molar-refractivity contribution < 1.29 is 42.9 Å². The fraction of sp³-hybridized carbons (Fsp3) is 0.711. The summed E-state index contributed by atoms with van der Waals surface area (Å²) in [5, 5.41) is 9.54. The summed E-state index contributed by atoms with van der Waals surface area (Å²) in [7, 11) is 5.91. The Morgan fingerprint density at radius 2 is 1.21 bits per heavy atom. The van der Waals surface area contributed by atoms with E-state index in [1.54, 1.807) is 0 Å². The molecular formula is C38H66NO8+. The molecule has 2 unspecified atom stereocenters. The Morgan fingerprint density at radius 3 is 1.81 bits per heavy atom. The number of quaternary nitrogens is 1. The molecule has 9 nitrogen and oxygen atoms in total. The van der Waals surface area contributed by atoms with Crippen LogP contribution in [0.2, 0.25) is 0 Å². The lowest BCUT2D eigenvalue weighted by molar-refractivity contribution is -0.870. The van der Waals surface area contributed by atoms with Gasteiger partial charge in [-0.15, -0.1) is 0 Å². The van der Waals surface area contributed by atoms with E-state index in [4.69, 9.17) is 18.9 Å². The number of hydrogen-bond acceptors (Lipinski definition) is 7. The summed E-state index contributed by atoms with van der Waals surface area (Å²) in [5.74, 6) is -2.08. The number of hydrogen-bond donors (Lipinski definition) is 1. The summed E-state index contributed by atoms with van der Waals surface area (Å²) in [5.41, 5.74) is 0. The lowest BCUT2D eigenvalue weighted by atomic mass is 10.1. The van der Waals surface area contributed by atoms with Crippen molar-refractivity contribution in [3.05, 3.63) is 48.6 Å². The van der Waals surface area contributed by atoms with E-state index in [1.165, 1.54) is 25.7 Å². The van der Waals surface area contributed by atoms with E-state index >= 15 is 0 Å². The highest BCUT2D eigenvalue weighted by Crippen LogP contribution is 2.11. The first-order valence-electron chi connectivity index (χ1n) is 17.8. The topological polar surface area (TPSA) is 108 Å². The highest BCUT2D eigenvalue weighted by molar-refractivity contribution is 5.71. The first kappa shape index (κ1) is 44.2. The van der Waals surface area contributed by atoms with Crippen molar-refractivity contribution in [3.63, 3.8) is 0 Å². The van der Waals surface area contributed by atoms with E-state index in [0.717, 1.165) is 57.8 Å². The maximum absolute atomic E-state index is 12.6. The summed E-state index contributed by atoms with van der Waals surface area (Å²) in [6.45, 7) is 4.61. The number of nitrogens with zero attached hydrogens (tertiary/aromatic N) is 1. The zero-order valence-corrected chi connectivity index (χ0v) is 30.2. The minimum absolute atomic E-state index is 0.178. The van der Waals surface area contributed by atoms with Gasteiger partial charge in [0.2, 0.25) is 0 Å². The number of unbranched alkanes of at least 4 members (excludes halogenated alkanes) is 8. The maximum Gasteiger partial charge on any atom is 0.361 e. The van der Waals surface area contributed by atoms with Gasteiger partial charge < -0.3 is 28.5 Å². The number of carbonyl (C=O) groups excluding carboxylic acids is 2. The van der Waals surface area contributed by atoms with Crippen LogP contribution in [0.1, 0.15) is 117 Å². The summed E-state index contributed by atoms with van der Waals surface area (Å²) in [6, 6.07) is 0. The van der Waals surface area contributed by atoms with Gasteiger partial charge in [0.25, 0.3) is 6.29 Å². The standard InChI is InChI=1S/C38H65NO8/c1-6-8-10-12-14-15-16-17-18-19-20-21-23-25-27-29-36(41)47-34(32-45-35(40)28-26-24-22-13-11-9-7-2)33-46-38(37(42)43)44-31-30-39(3,4)5/h8,10,14-15,17-18,20-21,34,38H,6-7,9,11-13,16,19,22-33H2,1-5H3/p+1/b10-8-,15-14-,18-17-,21-20-. The Morgan fingerprint density at radius 1 is 0.660 bits per heavy atom. The second-order valence-corrected chi connectivity index (χ2v) is 12.8. The van der Waals surface area contributed by atoms with Crippen LogP contribution >= 0.6 is 0 Å². The van der Waals surface area contributed by atoms with Crippen LogP contribution in [0.25, 0.3) is 0 Å². The number of rotatable bonds is 31. The molecule has 1 N–H and O–H groups in total. The van der Waals surface area contributed by atoms with Crippen molar-refractivity contribution in [3.8, 4) is 0 Å². The van der Waals surface area contributed by atoms with Crippen LogP contribution in [-0.2, 0) is 33.3 Å². The molecule has 0 radical (unpaired) electrons. The third kappa shape index (κ3) is 31.6. The second-order valence-electron chi connectivity index (χ2n) is 12.8. The van der Waals surface area contributed by atoms with Gasteiger partial charge in [-0.25, -0.2) is 4.79 Å². The van der Waals surface area contributed by atoms with Crippen molar-refractivity contribution in [2.75, 3.05) is 47.5 Å². The predicted octanol–water partition coefficient (Wildman–Crippen LogP) is 8.10. The van der Waals surface area contributed by atoms with E-state index < -0.39 is 24.3 Å². The molecule has 0 rings (SSSR count). The molecule has 0 amide bonds. The van der Waals surface area contributed by atoms with Gasteiger partial charge in [-0.1, -0.05) is 101 Å². The molecule has 0 heterocycles. The summed E-state index contributed by atoms with van der Waals surface area (Å²) < 4.78 is 22.4. The quantitative estimate of drug-likeness (QED) is 0.0260. The molecule has 0 aromatic carbocycles. The van der Waals surface area contributed by atoms with Crippen molar-refractivity contribution in [2.45, 2.75) is 129 Å². The molecule has 0 saturated heterocycles. The van der Waals surface area contributed by atoms with E-state index in [2.05, 4.69) is 62.5 Å². The van der Waals surface area contributed by atoms with E-state index in [1.807, 2.05) is 21.1 Å². The zero-order valence-electron chi connectivity index (χ0n) is 30.2. The number of carbonyl (C=O) groups is 3. The maximum atomic E-state index is 12.6. The van der Waals surface area contributed by atoms with E-state index in [-0.39, 0.29) is 32.2 Å². The number of ether oxygens (including phenoxy) is 4. The van der Waals surface area contributed by atoms with Crippen LogP contribution in [0.15, 0.2) is 48.6 Å². The largest absolute Gasteiger partial charge is 0.477 e. The van der Waals surface area contributed by atoms with Crippen LogP contribution in [0.4, 0.5) is 0 Å². The minimum atomic E-state index is -1.52. The summed E-state index contributed by atoms with van der Waals surface area (Å²) in [6.07, 6.45) is 29.1. The molecule has 0 saturated carbocycles. The molecule has 9 heteroatoms. The molecular weight excluding hydrogens is 598 g/mol. The van der Waals surface area contributed by atoms with Gasteiger partial charge in [-0.3, -0.25) is 9.59 Å². The lowest BCUT2D eigenvalue weighted by Crippen LogP contribution is -2.40. The van der Waals surface area contributed by atoms with E-state index in [0.29, 0.717) is 23.9 Å². The third-order valence-electron chi connectivity index (χ3n) is 7.10. The normalized spacial score (nSPS) is 13.6. The number of carboxylic acids is 1. The Hall–Kier alpha value is -2.75. The minimum Gasteiger partial charge on any atom is -0.477 e. The SMILES string of the molecule is CC/C=C\C/C=C\C/C=C\C/C=C\CCCCC(=O)OC(COC(=O)CCCCCCCCC)COC(OCC[N+](C)(C)C)C(=O)O. The summed E-state index contributed by atoms with van der Waals surface area (Å²) in [4.78, 5) is 36.6. The van der Waals surface area contributed by atoms with Gasteiger partial charge in [-0.2, -0.15) is 0 Å². The number of esters is 2. The van der Waals surface area contributed by atoms with Crippen molar-refractivity contribution in [1.29, 1.82) is 0 Å². The molecule has 0 aliphatic carbocycles. The third-order valence-corrected chi connectivity index (χ3v) is 7.10. The van der Waals surface area contributed by atoms with Gasteiger partial charge in [0.1, 0.15) is 13.2 Å². The molecule has 2 atom stereocenters. The molecule has 47 heavy (non-hydrogen) atoms. The molecule has 0 bridgehead atoms. The number of allylic oxidation sites excluding steroid dienone is 8. The summed E-state index contributed by atoms with van der Waals surface area (Å²) >= 11 is 0. The highest BCUT2D eigenvalue weighted by Gasteiger charge is 2.25. The average molecular weight is 665 g/mol. The Balaban J connectivity index is 4.64. The van der Waals surface area contributed by atoms with Crippen LogP contribution in [0, 0.1) is 0 Å². The number of likely N-dealkylation sites (N-methyl/N-ethyl adjacent to an activating group) is 1. The highest BCUT2D eigenvalue weighted by atomic mass is 16.7. The van der Waals surface area contributed by atoms with Crippen molar-refractivity contribution in [1.82, 2.24) is 0 Å². The van der Waals surface area contributed by atoms with Crippen LogP contribution in [-0.4, -0.2) is 87.4 Å². The van der Waals surface area contributed by atoms with Gasteiger partial charge in [0.15, 0.2) is 6.10 Å². The fourth-order valence-corrected chi connectivity index (χ4v) is 4.29. The lowest BCUT2D eigenvalue weighted by Gasteiger charge is -2.25. The van der Waals surface area contributed by atoms with Crippen molar-refractivity contribution in [2.24, 2.45) is 0 Å². The molecule has 0 aliphatic heterocycles. The number of carboxylic acid groups (broad SMARTS) is 1. The predicted molar refractivity (Wildman–Crippen MR) is 189 cm³/mol. The first-order valence-corrected chi connectivity index (χ1v) is 17.8. The van der Waals surface area contributed by atoms with Gasteiger partial charge in [-0.05, 0) is 51.4 Å². The van der Waals surface area contributed by atoms with Gasteiger partial charge >= 0.3 is 17.9 Å². The molecule has 0 aliphatic rings. The van der Waals surface area contributed by atoms with Crippen LogP contribution in [0.3, 0.4) is 0 Å². The Bertz CT molecular complexity index is 919. The molecule has 270 valence electrons. The smallest absolute Gasteiger partial charge is 0.361 e. The van der Waals surface area contributed by atoms with Gasteiger partial charge in [0.05, 0.1) is 34.4 Å². The molecule has 0 aromatic rings. The van der Waals surface area contributed by atoms with Crippen molar-refractivity contribution >= 4 is 17.9 Å². The van der Waals surface area contributed by atoms with Crippen LogP contribution < -0.4 is 0 Å². The Labute approximate surface area is 285 Å². The first-order chi connectivity index (χ1) is 22.6. The molecule has 0 spiro atoms. The van der Waals surface area contributed by atoms with E-state index in [9.17, 15) is 19.5 Å².